The van der Waals surface area contributed by atoms with Gasteiger partial charge in [-0.15, -0.1) is 0 Å². The Morgan fingerprint density at radius 2 is 1.91 bits per heavy atom. The highest BCUT2D eigenvalue weighted by Crippen LogP contribution is 2.14. The maximum Gasteiger partial charge on any atom is 0.306 e. The normalized spacial score (nSPS) is 10.8. The number of ether oxygens (including phenoxy) is 1. The molecular weight excluding hydrogens is 284 g/mol. The summed E-state index contributed by atoms with van der Waals surface area (Å²) >= 11 is 0. The van der Waals surface area contributed by atoms with Crippen LogP contribution >= 0.6 is 0 Å². The lowest BCUT2D eigenvalue weighted by atomic mass is 10.2. The fourth-order valence-electron chi connectivity index (χ4n) is 1.75. The van der Waals surface area contributed by atoms with Gasteiger partial charge in [-0.3, -0.25) is 9.59 Å². The molecule has 0 atom stereocenters. The number of aliphatic carboxylic acids is 1. The van der Waals surface area contributed by atoms with Crippen LogP contribution in [-0.4, -0.2) is 23.5 Å². The Kier molecular flexibility index (Phi) is 5.14. The molecule has 0 aliphatic rings. The van der Waals surface area contributed by atoms with E-state index in [1.54, 1.807) is 49.4 Å². The fourth-order valence-corrected chi connectivity index (χ4v) is 1.75. The average molecular weight is 300 g/mol. The molecule has 1 aromatic carbocycles. The van der Waals surface area contributed by atoms with Crippen LogP contribution in [0.3, 0.4) is 0 Å². The number of hydrogen-bond donors (Lipinski definition) is 1. The summed E-state index contributed by atoms with van der Waals surface area (Å²) in [6, 6.07) is 10.4. The lowest BCUT2D eigenvalue weighted by Gasteiger charge is -2.04. The van der Waals surface area contributed by atoms with Crippen molar-refractivity contribution in [3.8, 4) is 5.75 Å². The second-order valence-electron chi connectivity index (χ2n) is 4.67. The predicted molar refractivity (Wildman–Crippen MR) is 81.0 cm³/mol. The Balaban J connectivity index is 1.91. The van der Waals surface area contributed by atoms with Gasteiger partial charge in [-0.2, -0.15) is 0 Å². The van der Waals surface area contributed by atoms with E-state index in [4.69, 9.17) is 14.3 Å². The standard InChI is InChI=1S/C17H16O5/c1-12-2-9-16(22-12)15(18)8-5-13-3-6-14(7-4-13)21-11-10-17(19)20/h2-9H,10-11H2,1H3,(H,19,20)/b8-5+. The summed E-state index contributed by atoms with van der Waals surface area (Å²) in [6.45, 7) is 1.91. The van der Waals surface area contributed by atoms with Crippen LogP contribution in [0.25, 0.3) is 6.08 Å². The van der Waals surface area contributed by atoms with Crippen LogP contribution in [0.2, 0.25) is 0 Å². The number of carbonyl (C=O) groups is 2. The van der Waals surface area contributed by atoms with Gasteiger partial charge in [-0.1, -0.05) is 18.2 Å². The van der Waals surface area contributed by atoms with E-state index in [9.17, 15) is 9.59 Å². The molecule has 5 heteroatoms. The van der Waals surface area contributed by atoms with Crippen molar-refractivity contribution in [3.63, 3.8) is 0 Å². The molecule has 22 heavy (non-hydrogen) atoms. The fraction of sp³-hybridized carbons (Fsp3) is 0.176. The topological polar surface area (TPSA) is 76.7 Å². The van der Waals surface area contributed by atoms with Crippen LogP contribution in [0.4, 0.5) is 0 Å². The Morgan fingerprint density at radius 3 is 2.50 bits per heavy atom. The minimum absolute atomic E-state index is 0.0429. The van der Waals surface area contributed by atoms with E-state index in [-0.39, 0.29) is 18.8 Å². The molecular formula is C17H16O5. The summed E-state index contributed by atoms with van der Waals surface area (Å²) in [5, 5.41) is 8.52. The predicted octanol–water partition coefficient (Wildman–Crippen LogP) is 3.34. The molecule has 0 saturated heterocycles. The molecule has 5 nitrogen and oxygen atoms in total. The van der Waals surface area contributed by atoms with Gasteiger partial charge >= 0.3 is 5.97 Å². The van der Waals surface area contributed by atoms with Crippen LogP contribution in [0.5, 0.6) is 5.75 Å². The highest BCUT2D eigenvalue weighted by molar-refractivity contribution is 6.04. The van der Waals surface area contributed by atoms with Gasteiger partial charge in [0.2, 0.25) is 5.78 Å². The smallest absolute Gasteiger partial charge is 0.306 e. The minimum atomic E-state index is -0.897. The lowest BCUT2D eigenvalue weighted by Crippen LogP contribution is -2.04. The number of rotatable bonds is 7. The number of furan rings is 1. The first-order chi connectivity index (χ1) is 10.5. The molecule has 0 radical (unpaired) electrons. The van der Waals surface area contributed by atoms with E-state index in [0.717, 1.165) is 5.56 Å². The first-order valence-electron chi connectivity index (χ1n) is 6.78. The quantitative estimate of drug-likeness (QED) is 0.627. The Morgan fingerprint density at radius 1 is 1.18 bits per heavy atom. The van der Waals surface area contributed by atoms with E-state index >= 15 is 0 Å². The van der Waals surface area contributed by atoms with Crippen LogP contribution in [-0.2, 0) is 4.79 Å². The molecule has 1 heterocycles. The zero-order valence-corrected chi connectivity index (χ0v) is 12.1. The summed E-state index contributed by atoms with van der Waals surface area (Å²) < 4.78 is 10.5. The van der Waals surface area contributed by atoms with E-state index in [1.807, 2.05) is 0 Å². The molecule has 0 amide bonds. The third-order valence-electron chi connectivity index (χ3n) is 2.88. The van der Waals surface area contributed by atoms with Gasteiger partial charge in [-0.05, 0) is 42.8 Å². The van der Waals surface area contributed by atoms with Gasteiger partial charge < -0.3 is 14.3 Å². The third kappa shape index (κ3) is 4.63. The number of allylic oxidation sites excluding steroid dienone is 1. The molecule has 0 aliphatic carbocycles. The van der Waals surface area contributed by atoms with Gasteiger partial charge in [0, 0.05) is 0 Å². The minimum Gasteiger partial charge on any atom is -0.493 e. The van der Waals surface area contributed by atoms with Gasteiger partial charge in [0.25, 0.3) is 0 Å². The summed E-state index contributed by atoms with van der Waals surface area (Å²) in [7, 11) is 0. The van der Waals surface area contributed by atoms with Crippen LogP contribution in [0, 0.1) is 6.92 Å². The number of carbonyl (C=O) groups excluding carboxylic acids is 1. The molecule has 0 fully saturated rings. The second kappa shape index (κ2) is 7.26. The van der Waals surface area contributed by atoms with Crippen molar-refractivity contribution >= 4 is 17.8 Å². The zero-order valence-electron chi connectivity index (χ0n) is 12.1. The Bertz CT molecular complexity index is 679. The third-order valence-corrected chi connectivity index (χ3v) is 2.88. The molecule has 1 aromatic heterocycles. The number of carboxylic acid groups (broad SMARTS) is 1. The van der Waals surface area contributed by atoms with Crippen molar-refractivity contribution < 1.29 is 23.8 Å². The van der Waals surface area contributed by atoms with Crippen molar-refractivity contribution in [1.29, 1.82) is 0 Å². The number of hydrogen-bond acceptors (Lipinski definition) is 4. The van der Waals surface area contributed by atoms with Gasteiger partial charge in [0.05, 0.1) is 13.0 Å². The molecule has 2 aromatic rings. The maximum atomic E-state index is 11.8. The highest BCUT2D eigenvalue weighted by atomic mass is 16.5. The SMILES string of the molecule is Cc1ccc(C(=O)/C=C/c2ccc(OCCC(=O)O)cc2)o1. The maximum absolute atomic E-state index is 11.8. The molecule has 0 unspecified atom stereocenters. The van der Waals surface area contributed by atoms with Crippen LogP contribution in [0.15, 0.2) is 46.9 Å². The molecule has 1 N–H and O–H groups in total. The largest absolute Gasteiger partial charge is 0.493 e. The molecule has 0 spiro atoms. The molecule has 2 rings (SSSR count). The molecule has 0 saturated carbocycles. The Hall–Kier alpha value is -2.82. The van der Waals surface area contributed by atoms with Gasteiger partial charge in [0.15, 0.2) is 5.76 Å². The number of carboxylic acids is 1. The molecule has 0 bridgehead atoms. The van der Waals surface area contributed by atoms with Crippen LogP contribution < -0.4 is 4.74 Å². The summed E-state index contributed by atoms with van der Waals surface area (Å²) in [5.74, 6) is 0.495. The van der Waals surface area contributed by atoms with E-state index in [1.165, 1.54) is 6.08 Å². The van der Waals surface area contributed by atoms with Crippen molar-refractivity contribution in [2.45, 2.75) is 13.3 Å². The first-order valence-corrected chi connectivity index (χ1v) is 6.78. The molecule has 0 aliphatic heterocycles. The van der Waals surface area contributed by atoms with Gasteiger partial charge in [-0.25, -0.2) is 0 Å². The van der Waals surface area contributed by atoms with E-state index < -0.39 is 5.97 Å². The van der Waals surface area contributed by atoms with Crippen molar-refractivity contribution in [3.05, 3.63) is 59.6 Å². The molecule has 114 valence electrons. The lowest BCUT2D eigenvalue weighted by molar-refractivity contribution is -0.137. The monoisotopic (exact) mass is 300 g/mol. The van der Waals surface area contributed by atoms with Gasteiger partial charge in [0.1, 0.15) is 11.5 Å². The number of benzene rings is 1. The summed E-state index contributed by atoms with van der Waals surface area (Å²) in [6.07, 6.45) is 3.08. The second-order valence-corrected chi connectivity index (χ2v) is 4.67. The number of ketones is 1. The van der Waals surface area contributed by atoms with Crippen molar-refractivity contribution in [2.75, 3.05) is 6.61 Å². The summed E-state index contributed by atoms with van der Waals surface area (Å²) in [5.41, 5.74) is 0.835. The zero-order chi connectivity index (χ0) is 15.9. The van der Waals surface area contributed by atoms with Crippen molar-refractivity contribution in [1.82, 2.24) is 0 Å². The summed E-state index contributed by atoms with van der Waals surface area (Å²) in [4.78, 5) is 22.2. The first kappa shape index (κ1) is 15.6. The average Bonchev–Trinajstić information content (AvgIpc) is 2.92. The number of aryl methyl sites for hydroxylation is 1. The van der Waals surface area contributed by atoms with Crippen molar-refractivity contribution in [2.24, 2.45) is 0 Å². The van der Waals surface area contributed by atoms with E-state index in [0.29, 0.717) is 17.3 Å². The Labute approximate surface area is 127 Å². The highest BCUT2D eigenvalue weighted by Gasteiger charge is 2.05. The van der Waals surface area contributed by atoms with Crippen LogP contribution in [0.1, 0.15) is 28.3 Å². The van der Waals surface area contributed by atoms with E-state index in [2.05, 4.69) is 0 Å².